The first-order valence-corrected chi connectivity index (χ1v) is 13.0. The van der Waals surface area contributed by atoms with Gasteiger partial charge in [-0.25, -0.2) is 9.37 Å². The molecule has 0 spiro atoms. The minimum absolute atomic E-state index is 0.173. The molecule has 37 heavy (non-hydrogen) atoms. The Hall–Kier alpha value is -3.58. The second-order valence-electron chi connectivity index (χ2n) is 9.34. The quantitative estimate of drug-likeness (QED) is 0.324. The fourth-order valence-electron chi connectivity index (χ4n) is 5.05. The molecule has 3 heterocycles. The predicted octanol–water partition coefficient (Wildman–Crippen LogP) is 6.01. The minimum atomic E-state index is -0.304. The van der Waals surface area contributed by atoms with E-state index < -0.39 is 0 Å². The summed E-state index contributed by atoms with van der Waals surface area (Å²) in [4.78, 5) is 20.0. The Balaban J connectivity index is 1.19. The first-order chi connectivity index (χ1) is 18.0. The third-order valence-electron chi connectivity index (χ3n) is 7.10. The monoisotopic (exact) mass is 520 g/mol. The number of halogens is 2. The molecule has 2 aromatic carbocycles. The molecule has 6 nitrogen and oxygen atoms in total. The number of pyridine rings is 1. The average molecular weight is 521 g/mol. The number of nitrogens with one attached hydrogen (secondary N) is 1. The molecule has 4 aromatic rings. The average Bonchev–Trinajstić information content (AvgIpc) is 3.30. The summed E-state index contributed by atoms with van der Waals surface area (Å²) >= 11 is 6.15. The van der Waals surface area contributed by atoms with Gasteiger partial charge in [0.05, 0.1) is 17.8 Å². The molecule has 192 valence electrons. The number of piperidine rings is 1. The predicted molar refractivity (Wildman–Crippen MR) is 144 cm³/mol. The third-order valence-corrected chi connectivity index (χ3v) is 7.32. The molecular weight excluding hydrogens is 491 g/mol. The zero-order valence-electron chi connectivity index (χ0n) is 21.0. The fraction of sp³-hybridized carbons (Fsp3) is 0.310. The molecular formula is C29H30ClFN4O2. The van der Waals surface area contributed by atoms with Crippen LogP contribution in [0.4, 0.5) is 10.1 Å². The van der Waals surface area contributed by atoms with Crippen LogP contribution in [-0.4, -0.2) is 35.5 Å². The topological polar surface area (TPSA) is 58.9 Å². The zero-order valence-corrected chi connectivity index (χ0v) is 21.8. The highest BCUT2D eigenvalue weighted by molar-refractivity contribution is 6.30. The van der Waals surface area contributed by atoms with Crippen molar-refractivity contribution in [3.63, 3.8) is 0 Å². The van der Waals surface area contributed by atoms with E-state index in [0.29, 0.717) is 35.2 Å². The van der Waals surface area contributed by atoms with Gasteiger partial charge in [-0.15, -0.1) is 0 Å². The van der Waals surface area contributed by atoms with Crippen molar-refractivity contribution in [1.29, 1.82) is 0 Å². The van der Waals surface area contributed by atoms with Gasteiger partial charge >= 0.3 is 0 Å². The van der Waals surface area contributed by atoms with Gasteiger partial charge in [-0.1, -0.05) is 36.7 Å². The number of carbonyl (C=O) groups excluding carboxylic acids is 1. The van der Waals surface area contributed by atoms with Crippen LogP contribution in [0.1, 0.15) is 53.0 Å². The van der Waals surface area contributed by atoms with E-state index in [2.05, 4.69) is 27.3 Å². The van der Waals surface area contributed by atoms with E-state index in [9.17, 15) is 9.18 Å². The van der Waals surface area contributed by atoms with Gasteiger partial charge in [0.25, 0.3) is 5.91 Å². The summed E-state index contributed by atoms with van der Waals surface area (Å²) in [6.07, 6.45) is 4.31. The lowest BCUT2D eigenvalue weighted by Crippen LogP contribution is -2.32. The smallest absolute Gasteiger partial charge is 0.270 e. The zero-order chi connectivity index (χ0) is 25.9. The lowest BCUT2D eigenvalue weighted by atomic mass is 9.89. The highest BCUT2D eigenvalue weighted by Crippen LogP contribution is 2.32. The second kappa shape index (κ2) is 10.8. The van der Waals surface area contributed by atoms with Crippen LogP contribution < -0.4 is 15.0 Å². The third kappa shape index (κ3) is 5.27. The summed E-state index contributed by atoms with van der Waals surface area (Å²) < 4.78 is 20.9. The summed E-state index contributed by atoms with van der Waals surface area (Å²) in [5.41, 5.74) is 5.18. The Bertz CT molecular complexity index is 1410. The molecule has 1 N–H and O–H groups in total. The lowest BCUT2D eigenvalue weighted by Gasteiger charge is -2.34. The molecule has 1 aliphatic heterocycles. The van der Waals surface area contributed by atoms with Crippen molar-refractivity contribution in [1.82, 2.24) is 14.7 Å². The number of hydrogen-bond donors (Lipinski definition) is 1. The number of rotatable bonds is 7. The summed E-state index contributed by atoms with van der Waals surface area (Å²) in [6, 6.07) is 17.2. The number of aryl methyl sites for hydroxylation is 1. The minimum Gasteiger partial charge on any atom is -0.494 e. The second-order valence-corrected chi connectivity index (χ2v) is 9.78. The molecule has 0 bridgehead atoms. The first-order valence-electron chi connectivity index (χ1n) is 12.6. The van der Waals surface area contributed by atoms with Gasteiger partial charge in [0, 0.05) is 31.5 Å². The summed E-state index contributed by atoms with van der Waals surface area (Å²) in [5.74, 6) is 0.147. The molecule has 0 aliphatic carbocycles. The Morgan fingerprint density at radius 1 is 1.14 bits per heavy atom. The number of anilines is 1. The molecule has 1 aliphatic rings. The van der Waals surface area contributed by atoms with E-state index in [1.165, 1.54) is 7.11 Å². The molecule has 1 fully saturated rings. The first kappa shape index (κ1) is 25.1. The van der Waals surface area contributed by atoms with Crippen LogP contribution in [0.2, 0.25) is 5.02 Å². The maximum absolute atomic E-state index is 14.1. The molecule has 0 radical (unpaired) electrons. The number of aromatic nitrogens is 2. The maximum Gasteiger partial charge on any atom is 0.270 e. The number of imidazole rings is 1. The molecule has 2 aromatic heterocycles. The SMILES string of the molecule is CCc1nc2ccc(Cl)cn2c1C(=O)NCc1ccc(N2CCC(c3ccc(OC)c(F)c3)CC2)cc1. The van der Waals surface area contributed by atoms with Crippen molar-refractivity contribution in [2.24, 2.45) is 0 Å². The number of fused-ring (bicyclic) bond motifs is 1. The normalized spacial score (nSPS) is 14.2. The summed E-state index contributed by atoms with van der Waals surface area (Å²) in [6.45, 7) is 4.22. The Labute approximate surface area is 221 Å². The van der Waals surface area contributed by atoms with E-state index >= 15 is 0 Å². The van der Waals surface area contributed by atoms with Crippen molar-refractivity contribution in [2.45, 2.75) is 38.6 Å². The van der Waals surface area contributed by atoms with Crippen LogP contribution in [0.15, 0.2) is 60.8 Å². The lowest BCUT2D eigenvalue weighted by molar-refractivity contribution is 0.0944. The van der Waals surface area contributed by atoms with Crippen LogP contribution in [0.3, 0.4) is 0 Å². The van der Waals surface area contributed by atoms with Crippen LogP contribution in [-0.2, 0) is 13.0 Å². The standard InChI is InChI=1S/C29H30ClFN4O2/c1-3-25-28(35-18-22(30)7-11-27(35)33-25)29(36)32-17-19-4-8-23(9-5-19)34-14-12-20(13-15-34)21-6-10-26(37-2)24(31)16-21/h4-11,16,18,20H,3,12-15,17H2,1-2H3,(H,32,36). The van der Waals surface area contributed by atoms with E-state index in [1.54, 1.807) is 28.8 Å². The van der Waals surface area contributed by atoms with Crippen LogP contribution in [0.5, 0.6) is 5.75 Å². The highest BCUT2D eigenvalue weighted by atomic mass is 35.5. The number of hydrogen-bond acceptors (Lipinski definition) is 4. The molecule has 0 atom stereocenters. The highest BCUT2D eigenvalue weighted by Gasteiger charge is 2.22. The fourth-order valence-corrected chi connectivity index (χ4v) is 5.21. The molecule has 1 amide bonds. The number of carbonyl (C=O) groups is 1. The van der Waals surface area contributed by atoms with Crippen molar-refractivity contribution in [2.75, 3.05) is 25.1 Å². The van der Waals surface area contributed by atoms with E-state index in [4.69, 9.17) is 16.3 Å². The van der Waals surface area contributed by atoms with E-state index in [0.717, 1.165) is 48.4 Å². The van der Waals surface area contributed by atoms with E-state index in [-0.39, 0.29) is 17.5 Å². The van der Waals surface area contributed by atoms with Gasteiger partial charge in [0.15, 0.2) is 11.6 Å². The number of methoxy groups -OCH3 is 1. The van der Waals surface area contributed by atoms with Crippen molar-refractivity contribution < 1.29 is 13.9 Å². The van der Waals surface area contributed by atoms with Crippen LogP contribution in [0, 0.1) is 5.82 Å². The van der Waals surface area contributed by atoms with Crippen LogP contribution >= 0.6 is 11.6 Å². The number of amides is 1. The molecule has 5 rings (SSSR count). The summed E-state index contributed by atoms with van der Waals surface area (Å²) in [7, 11) is 1.48. The molecule has 8 heteroatoms. The van der Waals surface area contributed by atoms with Crippen molar-refractivity contribution in [3.8, 4) is 5.75 Å². The Morgan fingerprint density at radius 2 is 1.89 bits per heavy atom. The van der Waals surface area contributed by atoms with Crippen molar-refractivity contribution in [3.05, 3.63) is 94.1 Å². The van der Waals surface area contributed by atoms with Gasteiger partial charge in [-0.05, 0) is 72.7 Å². The number of ether oxygens (including phenoxy) is 1. The van der Waals surface area contributed by atoms with Gasteiger partial charge in [0.1, 0.15) is 11.3 Å². The Kier molecular flexibility index (Phi) is 7.33. The van der Waals surface area contributed by atoms with Gasteiger partial charge in [0.2, 0.25) is 0 Å². The van der Waals surface area contributed by atoms with Crippen molar-refractivity contribution >= 4 is 28.8 Å². The molecule has 0 unspecified atom stereocenters. The molecule has 1 saturated heterocycles. The van der Waals surface area contributed by atoms with Gasteiger partial charge in [-0.3, -0.25) is 9.20 Å². The number of nitrogens with zero attached hydrogens (tertiary/aromatic N) is 3. The number of benzene rings is 2. The Morgan fingerprint density at radius 3 is 2.57 bits per heavy atom. The van der Waals surface area contributed by atoms with Crippen LogP contribution in [0.25, 0.3) is 5.65 Å². The van der Waals surface area contributed by atoms with Gasteiger partial charge in [-0.2, -0.15) is 0 Å². The molecule has 0 saturated carbocycles. The maximum atomic E-state index is 14.1. The van der Waals surface area contributed by atoms with E-state index in [1.807, 2.05) is 31.2 Å². The summed E-state index contributed by atoms with van der Waals surface area (Å²) in [5, 5.41) is 3.58. The largest absolute Gasteiger partial charge is 0.494 e. The van der Waals surface area contributed by atoms with Gasteiger partial charge < -0.3 is 15.0 Å².